The number of hydrogen-bond acceptors (Lipinski definition) is 5. The Morgan fingerprint density at radius 1 is 1.04 bits per heavy atom. The Morgan fingerprint density at radius 2 is 1.68 bits per heavy atom. The van der Waals surface area contributed by atoms with Crippen LogP contribution in [0.25, 0.3) is 0 Å². The first-order chi connectivity index (χ1) is 11.7. The minimum absolute atomic E-state index is 0.0787. The zero-order valence-corrected chi connectivity index (χ0v) is 16.0. The van der Waals surface area contributed by atoms with E-state index >= 15 is 0 Å². The molecule has 144 valence electrons. The third kappa shape index (κ3) is 6.89. The maximum Gasteiger partial charge on any atom is 0.410 e. The van der Waals surface area contributed by atoms with Gasteiger partial charge in [-0.3, -0.25) is 14.5 Å². The van der Waals surface area contributed by atoms with Crippen molar-refractivity contribution in [3.05, 3.63) is 0 Å². The Hall–Kier alpha value is -1.83. The van der Waals surface area contributed by atoms with Gasteiger partial charge in [0.15, 0.2) is 0 Å². The Balaban J connectivity index is 0.000000293. The maximum atomic E-state index is 11.8. The van der Waals surface area contributed by atoms with Crippen LogP contribution in [0.15, 0.2) is 0 Å². The van der Waals surface area contributed by atoms with E-state index in [1.54, 1.807) is 14.1 Å². The molecule has 0 aromatic carbocycles. The molecule has 0 saturated carbocycles. The smallest absolute Gasteiger partial charge is 0.410 e. The first kappa shape index (κ1) is 21.2. The van der Waals surface area contributed by atoms with E-state index in [0.717, 1.165) is 25.8 Å². The molecule has 0 bridgehead atoms. The van der Waals surface area contributed by atoms with Crippen LogP contribution in [0.5, 0.6) is 0 Å². The van der Waals surface area contributed by atoms with Crippen LogP contribution < -0.4 is 16.0 Å². The van der Waals surface area contributed by atoms with Gasteiger partial charge >= 0.3 is 6.09 Å². The number of amides is 3. The molecule has 0 aromatic rings. The number of hydrogen-bond donors (Lipinski definition) is 3. The summed E-state index contributed by atoms with van der Waals surface area (Å²) in [5.74, 6) is -0.00383. The van der Waals surface area contributed by atoms with Crippen molar-refractivity contribution < 1.29 is 19.1 Å². The van der Waals surface area contributed by atoms with E-state index in [1.165, 1.54) is 4.90 Å². The topological polar surface area (TPSA) is 99.8 Å². The average molecular weight is 356 g/mol. The molecule has 0 unspecified atom stereocenters. The highest BCUT2D eigenvalue weighted by atomic mass is 16.6. The summed E-state index contributed by atoms with van der Waals surface area (Å²) >= 11 is 0. The molecule has 2 fully saturated rings. The summed E-state index contributed by atoms with van der Waals surface area (Å²) < 4.78 is 5.25. The van der Waals surface area contributed by atoms with E-state index in [9.17, 15) is 14.4 Å². The van der Waals surface area contributed by atoms with Crippen molar-refractivity contribution in [2.75, 3.05) is 27.2 Å². The van der Waals surface area contributed by atoms with Crippen molar-refractivity contribution in [3.63, 3.8) is 0 Å². The zero-order valence-electron chi connectivity index (χ0n) is 16.0. The monoisotopic (exact) mass is 356 g/mol. The minimum atomic E-state index is -0.521. The number of likely N-dealkylation sites (N-methyl/N-ethyl adjacent to an activating group) is 2. The van der Waals surface area contributed by atoms with Crippen LogP contribution in [0.4, 0.5) is 4.79 Å². The van der Waals surface area contributed by atoms with Gasteiger partial charge in [0, 0.05) is 20.6 Å². The van der Waals surface area contributed by atoms with E-state index < -0.39 is 11.7 Å². The van der Waals surface area contributed by atoms with Gasteiger partial charge in [0.1, 0.15) is 11.6 Å². The summed E-state index contributed by atoms with van der Waals surface area (Å²) in [5.41, 5.74) is -0.521. The van der Waals surface area contributed by atoms with Gasteiger partial charge < -0.3 is 20.7 Å². The van der Waals surface area contributed by atoms with E-state index in [4.69, 9.17) is 4.74 Å². The molecule has 8 nitrogen and oxygen atoms in total. The molecular formula is C17H32N4O4. The predicted octanol–water partition coefficient (Wildman–Crippen LogP) is 0.616. The third-order valence-electron chi connectivity index (χ3n) is 4.05. The van der Waals surface area contributed by atoms with Crippen LogP contribution >= 0.6 is 0 Å². The average Bonchev–Trinajstić information content (AvgIpc) is 3.23. The molecule has 0 aromatic heterocycles. The molecule has 3 N–H and O–H groups in total. The molecule has 8 heteroatoms. The largest absolute Gasteiger partial charge is 0.444 e. The van der Waals surface area contributed by atoms with Crippen molar-refractivity contribution in [3.8, 4) is 0 Å². The van der Waals surface area contributed by atoms with Gasteiger partial charge in [-0.15, -0.1) is 0 Å². The second-order valence-corrected chi connectivity index (χ2v) is 7.21. The summed E-state index contributed by atoms with van der Waals surface area (Å²) in [7, 11) is 3.25. The predicted molar refractivity (Wildman–Crippen MR) is 95.1 cm³/mol. The minimum Gasteiger partial charge on any atom is -0.444 e. The van der Waals surface area contributed by atoms with E-state index in [-0.39, 0.29) is 23.9 Å². The zero-order chi connectivity index (χ0) is 19.0. The van der Waals surface area contributed by atoms with Crippen LogP contribution in [-0.2, 0) is 14.3 Å². The molecule has 0 spiro atoms. The lowest BCUT2D eigenvalue weighted by molar-refractivity contribution is -0.125. The summed E-state index contributed by atoms with van der Waals surface area (Å²) in [6.45, 7) is 7.02. The second-order valence-electron chi connectivity index (χ2n) is 7.21. The summed E-state index contributed by atoms with van der Waals surface area (Å²) in [6.07, 6.45) is 3.26. The molecule has 2 heterocycles. The quantitative estimate of drug-likeness (QED) is 0.673. The summed E-state index contributed by atoms with van der Waals surface area (Å²) in [5, 5.41) is 8.27. The van der Waals surface area contributed by atoms with Crippen LogP contribution in [0.2, 0.25) is 0 Å². The lowest BCUT2D eigenvalue weighted by Crippen LogP contribution is -2.46. The molecule has 0 radical (unpaired) electrons. The standard InChI is InChI=1S/C11H20N2O3.C6H12N2O/c1-11(2,3)16-10(15)13-7-5-6-8(13)9(14)12-4;1-7-6(9)5-3-2-4-8-5/h8H,5-7H2,1-4H3,(H,12,14);5,8H,2-4H2,1H3,(H,7,9)/t8-;5-/m00/s1. The van der Waals surface area contributed by atoms with E-state index in [1.807, 2.05) is 20.8 Å². The first-order valence-corrected chi connectivity index (χ1v) is 8.85. The highest BCUT2D eigenvalue weighted by Crippen LogP contribution is 2.20. The molecule has 2 atom stereocenters. The Bertz CT molecular complexity index is 470. The first-order valence-electron chi connectivity index (χ1n) is 8.85. The van der Waals surface area contributed by atoms with Gasteiger partial charge in [-0.2, -0.15) is 0 Å². The highest BCUT2D eigenvalue weighted by Gasteiger charge is 2.35. The van der Waals surface area contributed by atoms with Crippen molar-refractivity contribution in [2.45, 2.75) is 64.1 Å². The number of carbonyl (C=O) groups is 3. The van der Waals surface area contributed by atoms with Gasteiger partial charge in [-0.25, -0.2) is 4.79 Å². The van der Waals surface area contributed by atoms with Crippen molar-refractivity contribution in [1.29, 1.82) is 0 Å². The summed E-state index contributed by atoms with van der Waals surface area (Å²) in [4.78, 5) is 35.7. The number of nitrogens with zero attached hydrogens (tertiary/aromatic N) is 1. The molecular weight excluding hydrogens is 324 g/mol. The Labute approximate surface area is 150 Å². The lowest BCUT2D eigenvalue weighted by atomic mass is 10.2. The highest BCUT2D eigenvalue weighted by molar-refractivity contribution is 5.86. The van der Waals surface area contributed by atoms with Gasteiger partial charge in [0.2, 0.25) is 11.8 Å². The maximum absolute atomic E-state index is 11.8. The van der Waals surface area contributed by atoms with Crippen molar-refractivity contribution in [1.82, 2.24) is 20.9 Å². The number of carbonyl (C=O) groups excluding carboxylic acids is 3. The van der Waals surface area contributed by atoms with Gasteiger partial charge in [0.25, 0.3) is 0 Å². The fraction of sp³-hybridized carbons (Fsp3) is 0.824. The third-order valence-corrected chi connectivity index (χ3v) is 4.05. The molecule has 3 amide bonds. The van der Waals surface area contributed by atoms with Gasteiger partial charge in [0.05, 0.1) is 6.04 Å². The number of nitrogens with one attached hydrogen (secondary N) is 3. The number of ether oxygens (including phenoxy) is 1. The van der Waals surface area contributed by atoms with Crippen LogP contribution in [0.1, 0.15) is 46.5 Å². The van der Waals surface area contributed by atoms with Crippen LogP contribution in [0.3, 0.4) is 0 Å². The van der Waals surface area contributed by atoms with E-state index in [2.05, 4.69) is 16.0 Å². The molecule has 0 aliphatic carbocycles. The summed E-state index contributed by atoms with van der Waals surface area (Å²) in [6, 6.07) is -0.296. The number of likely N-dealkylation sites (tertiary alicyclic amines) is 1. The van der Waals surface area contributed by atoms with Gasteiger partial charge in [-0.1, -0.05) is 0 Å². The van der Waals surface area contributed by atoms with Crippen molar-refractivity contribution in [2.24, 2.45) is 0 Å². The van der Waals surface area contributed by atoms with Crippen LogP contribution in [0, 0.1) is 0 Å². The second kappa shape index (κ2) is 9.60. The van der Waals surface area contributed by atoms with E-state index in [0.29, 0.717) is 13.0 Å². The SMILES string of the molecule is CNC(=O)[C@@H]1CCCN1.CNC(=O)[C@@H]1CCCN1C(=O)OC(C)(C)C. The van der Waals surface area contributed by atoms with Gasteiger partial charge in [-0.05, 0) is 53.0 Å². The van der Waals surface area contributed by atoms with Crippen molar-refractivity contribution >= 4 is 17.9 Å². The lowest BCUT2D eigenvalue weighted by Gasteiger charge is -2.27. The Morgan fingerprint density at radius 3 is 2.16 bits per heavy atom. The van der Waals surface area contributed by atoms with Crippen LogP contribution in [-0.4, -0.2) is 67.7 Å². The fourth-order valence-electron chi connectivity index (χ4n) is 2.83. The Kier molecular flexibility index (Phi) is 8.15. The number of rotatable bonds is 2. The molecule has 2 saturated heterocycles. The normalized spacial score (nSPS) is 22.7. The molecule has 25 heavy (non-hydrogen) atoms. The fourth-order valence-corrected chi connectivity index (χ4v) is 2.83. The molecule has 2 rings (SSSR count). The molecule has 2 aliphatic heterocycles. The molecule has 2 aliphatic rings.